The van der Waals surface area contributed by atoms with Gasteiger partial charge in [0.05, 0.1) is 18.3 Å². The molecule has 1 atom stereocenters. The number of nitrogens with zero attached hydrogens (tertiary/aromatic N) is 3. The van der Waals surface area contributed by atoms with E-state index in [1.807, 2.05) is 25.1 Å². The van der Waals surface area contributed by atoms with E-state index in [2.05, 4.69) is 20.9 Å². The first kappa shape index (κ1) is 14.0. The molecule has 7 heteroatoms. The van der Waals surface area contributed by atoms with Gasteiger partial charge >= 0.3 is 0 Å². The maximum atomic E-state index is 12.2. The topological polar surface area (TPSA) is 71.8 Å². The molecule has 1 aromatic heterocycles. The van der Waals surface area contributed by atoms with Crippen LogP contribution in [0.2, 0.25) is 5.02 Å². The van der Waals surface area contributed by atoms with Gasteiger partial charge in [-0.1, -0.05) is 28.9 Å². The van der Waals surface area contributed by atoms with Crippen molar-refractivity contribution in [3.8, 4) is 0 Å². The van der Waals surface area contributed by atoms with Crippen molar-refractivity contribution >= 4 is 17.5 Å². The number of amides is 1. The summed E-state index contributed by atoms with van der Waals surface area (Å²) in [6.07, 6.45) is 1.69. The van der Waals surface area contributed by atoms with Crippen molar-refractivity contribution in [1.29, 1.82) is 0 Å². The second-order valence-electron chi connectivity index (χ2n) is 5.15. The Bertz CT molecular complexity index is 652. The molecule has 0 aliphatic carbocycles. The van der Waals surface area contributed by atoms with Crippen molar-refractivity contribution in [2.45, 2.75) is 19.0 Å². The zero-order valence-corrected chi connectivity index (χ0v) is 12.3. The normalized spacial score (nSPS) is 16.3. The molecule has 3 rings (SSSR count). The van der Waals surface area contributed by atoms with Gasteiger partial charge in [0.15, 0.2) is 5.69 Å². The zero-order chi connectivity index (χ0) is 14.8. The summed E-state index contributed by atoms with van der Waals surface area (Å²) in [7, 11) is 0. The molecule has 1 saturated heterocycles. The number of hydrogen-bond donors (Lipinski definition) is 2. The van der Waals surface area contributed by atoms with E-state index >= 15 is 0 Å². The van der Waals surface area contributed by atoms with E-state index in [4.69, 9.17) is 11.6 Å². The first-order chi connectivity index (χ1) is 10.1. The lowest BCUT2D eigenvalue weighted by Gasteiger charge is -2.26. The number of benzene rings is 1. The van der Waals surface area contributed by atoms with Crippen molar-refractivity contribution in [2.24, 2.45) is 0 Å². The summed E-state index contributed by atoms with van der Waals surface area (Å²) in [4.78, 5) is 12.2. The smallest absolute Gasteiger partial charge is 0.273 e. The summed E-state index contributed by atoms with van der Waals surface area (Å²) in [6.45, 7) is 3.64. The Morgan fingerprint density at radius 2 is 2.33 bits per heavy atom. The molecular formula is C14H16ClN5O. The molecule has 2 aromatic rings. The van der Waals surface area contributed by atoms with Gasteiger partial charge in [0.1, 0.15) is 0 Å². The quantitative estimate of drug-likeness (QED) is 0.899. The minimum Gasteiger partial charge on any atom is -0.344 e. The summed E-state index contributed by atoms with van der Waals surface area (Å²) < 4.78 is 1.73. The summed E-state index contributed by atoms with van der Waals surface area (Å²) in [5, 5.41) is 14.6. The maximum Gasteiger partial charge on any atom is 0.273 e. The number of carbonyl (C=O) groups excluding carboxylic acids is 1. The van der Waals surface area contributed by atoms with Gasteiger partial charge in [0.2, 0.25) is 0 Å². The Hall–Kier alpha value is -1.92. The zero-order valence-electron chi connectivity index (χ0n) is 11.6. The molecule has 6 nitrogen and oxygen atoms in total. The van der Waals surface area contributed by atoms with Crippen LogP contribution in [0.15, 0.2) is 30.5 Å². The number of aromatic nitrogens is 3. The lowest BCUT2D eigenvalue weighted by molar-refractivity contribution is 0.0934. The summed E-state index contributed by atoms with van der Waals surface area (Å²) in [5.74, 6) is -0.235. The fourth-order valence-electron chi connectivity index (χ4n) is 2.15. The molecular weight excluding hydrogens is 290 g/mol. The average molecular weight is 306 g/mol. The van der Waals surface area contributed by atoms with Gasteiger partial charge in [0.25, 0.3) is 5.91 Å². The van der Waals surface area contributed by atoms with Crippen molar-refractivity contribution in [1.82, 2.24) is 25.6 Å². The lowest BCUT2D eigenvalue weighted by Crippen LogP contribution is -2.43. The Morgan fingerprint density at radius 1 is 1.52 bits per heavy atom. The van der Waals surface area contributed by atoms with Gasteiger partial charge < -0.3 is 10.6 Å². The largest absolute Gasteiger partial charge is 0.344 e. The molecule has 2 N–H and O–H groups in total. The van der Waals surface area contributed by atoms with Gasteiger partial charge in [-0.15, -0.1) is 5.10 Å². The molecule has 1 fully saturated rings. The molecule has 1 aromatic carbocycles. The predicted octanol–water partition coefficient (Wildman–Crippen LogP) is 1.57. The third kappa shape index (κ3) is 3.06. The molecule has 1 aliphatic rings. The van der Waals surface area contributed by atoms with Crippen LogP contribution in [-0.4, -0.2) is 34.0 Å². The van der Waals surface area contributed by atoms with Gasteiger partial charge in [-0.05, 0) is 24.6 Å². The van der Waals surface area contributed by atoms with E-state index in [-0.39, 0.29) is 11.9 Å². The second kappa shape index (κ2) is 5.83. The van der Waals surface area contributed by atoms with Gasteiger partial charge in [-0.2, -0.15) is 0 Å². The highest BCUT2D eigenvalue weighted by molar-refractivity contribution is 6.30. The van der Waals surface area contributed by atoms with Gasteiger partial charge in [-0.3, -0.25) is 4.79 Å². The number of carbonyl (C=O) groups is 1. The Kier molecular flexibility index (Phi) is 3.90. The number of nitrogens with one attached hydrogen (secondary N) is 2. The van der Waals surface area contributed by atoms with E-state index in [1.165, 1.54) is 0 Å². The van der Waals surface area contributed by atoms with Crippen LogP contribution in [0, 0.1) is 0 Å². The van der Waals surface area contributed by atoms with Gasteiger partial charge in [0, 0.05) is 18.1 Å². The Morgan fingerprint density at radius 3 is 3.00 bits per heavy atom. The standard InChI is InChI=1S/C14H16ClN5O/c1-9(10-3-2-4-11(15)5-10)17-14(21)13-8-20(19-18-13)12-6-16-7-12/h2-5,8-9,12,16H,6-7H2,1H3,(H,17,21). The minimum atomic E-state index is -0.235. The fraction of sp³-hybridized carbons (Fsp3) is 0.357. The first-order valence-electron chi connectivity index (χ1n) is 6.82. The van der Waals surface area contributed by atoms with E-state index in [9.17, 15) is 4.79 Å². The van der Waals surface area contributed by atoms with Crippen LogP contribution in [-0.2, 0) is 0 Å². The first-order valence-corrected chi connectivity index (χ1v) is 7.20. The highest BCUT2D eigenvalue weighted by Gasteiger charge is 2.22. The SMILES string of the molecule is CC(NC(=O)c1cn(C2CNC2)nn1)c1cccc(Cl)c1. The van der Waals surface area contributed by atoms with Crippen LogP contribution in [0.3, 0.4) is 0 Å². The average Bonchev–Trinajstić information content (AvgIpc) is 2.86. The van der Waals surface area contributed by atoms with Crippen LogP contribution in [0.5, 0.6) is 0 Å². The lowest BCUT2D eigenvalue weighted by atomic mass is 10.1. The molecule has 0 radical (unpaired) electrons. The number of halogens is 1. The van der Waals surface area contributed by atoms with Crippen LogP contribution < -0.4 is 10.6 Å². The molecule has 110 valence electrons. The van der Waals surface area contributed by atoms with E-state index < -0.39 is 0 Å². The molecule has 21 heavy (non-hydrogen) atoms. The van der Waals surface area contributed by atoms with Crippen LogP contribution in [0.4, 0.5) is 0 Å². The molecule has 1 unspecified atom stereocenters. The highest BCUT2D eigenvalue weighted by atomic mass is 35.5. The molecule has 0 spiro atoms. The van der Waals surface area contributed by atoms with Crippen molar-refractivity contribution in [3.05, 3.63) is 46.7 Å². The molecule has 2 heterocycles. The minimum absolute atomic E-state index is 0.147. The summed E-state index contributed by atoms with van der Waals surface area (Å²) >= 11 is 5.96. The van der Waals surface area contributed by atoms with Crippen LogP contribution in [0.1, 0.15) is 35.1 Å². The Balaban J connectivity index is 1.66. The maximum absolute atomic E-state index is 12.2. The van der Waals surface area contributed by atoms with Crippen LogP contribution >= 0.6 is 11.6 Å². The highest BCUT2D eigenvalue weighted by Crippen LogP contribution is 2.18. The van der Waals surface area contributed by atoms with Crippen molar-refractivity contribution < 1.29 is 4.79 Å². The van der Waals surface area contributed by atoms with Crippen molar-refractivity contribution in [2.75, 3.05) is 13.1 Å². The molecule has 0 saturated carbocycles. The van der Waals surface area contributed by atoms with Crippen molar-refractivity contribution in [3.63, 3.8) is 0 Å². The summed E-state index contributed by atoms with van der Waals surface area (Å²) in [6, 6.07) is 7.57. The molecule has 1 aliphatic heterocycles. The third-order valence-corrected chi connectivity index (χ3v) is 3.81. The predicted molar refractivity (Wildman–Crippen MR) is 79.3 cm³/mol. The van der Waals surface area contributed by atoms with Crippen LogP contribution in [0.25, 0.3) is 0 Å². The Labute approximate surface area is 127 Å². The second-order valence-corrected chi connectivity index (χ2v) is 5.58. The number of hydrogen-bond acceptors (Lipinski definition) is 4. The van der Waals surface area contributed by atoms with E-state index in [1.54, 1.807) is 16.9 Å². The van der Waals surface area contributed by atoms with E-state index in [0.717, 1.165) is 18.7 Å². The fourth-order valence-corrected chi connectivity index (χ4v) is 2.35. The third-order valence-electron chi connectivity index (χ3n) is 3.57. The van der Waals surface area contributed by atoms with Gasteiger partial charge in [-0.25, -0.2) is 4.68 Å². The number of rotatable bonds is 4. The summed E-state index contributed by atoms with van der Waals surface area (Å²) in [5.41, 5.74) is 1.28. The molecule has 1 amide bonds. The molecule has 0 bridgehead atoms. The van der Waals surface area contributed by atoms with E-state index in [0.29, 0.717) is 16.8 Å². The monoisotopic (exact) mass is 305 g/mol.